The lowest BCUT2D eigenvalue weighted by atomic mass is 10.3. The van der Waals surface area contributed by atoms with Gasteiger partial charge in [0.15, 0.2) is 0 Å². The van der Waals surface area contributed by atoms with Crippen LogP contribution in [0.1, 0.15) is 33.6 Å². The number of nitrogens with zero attached hydrogens (tertiary/aromatic N) is 3. The summed E-state index contributed by atoms with van der Waals surface area (Å²) in [6, 6.07) is 8.45. The molecule has 0 spiro atoms. The first-order valence-corrected chi connectivity index (χ1v) is 7.17. The first kappa shape index (κ1) is 13.0. The highest BCUT2D eigenvalue weighted by Gasteiger charge is 2.04. The zero-order valence-corrected chi connectivity index (χ0v) is 12.0. The van der Waals surface area contributed by atoms with E-state index in [4.69, 9.17) is 0 Å². The predicted octanol–water partition coefficient (Wildman–Crippen LogP) is 3.80. The zero-order valence-electron chi connectivity index (χ0n) is 11.2. The van der Waals surface area contributed by atoms with Crippen LogP contribution < -0.4 is 4.80 Å². The Hall–Kier alpha value is -1.42. The quantitative estimate of drug-likeness (QED) is 0.592. The number of fused-ring (bicyclic) bond motifs is 1. The van der Waals surface area contributed by atoms with Crippen LogP contribution in [0.15, 0.2) is 34.5 Å². The number of aryl methyl sites for hydroxylation is 1. The van der Waals surface area contributed by atoms with Crippen molar-refractivity contribution in [3.63, 3.8) is 0 Å². The fraction of sp³-hybridized carbons (Fsp3) is 0.429. The summed E-state index contributed by atoms with van der Waals surface area (Å²) in [4.78, 5) is 0.992. The number of hydrogen-bond acceptors (Lipinski definition) is 3. The number of rotatable bonds is 4. The second kappa shape index (κ2) is 5.96. The maximum absolute atomic E-state index is 4.37. The molecule has 0 saturated heterocycles. The molecule has 3 nitrogen and oxygen atoms in total. The lowest BCUT2D eigenvalue weighted by Gasteiger charge is -2.02. The first-order valence-electron chi connectivity index (χ1n) is 6.35. The van der Waals surface area contributed by atoms with Gasteiger partial charge in [0.25, 0.3) is 0 Å². The summed E-state index contributed by atoms with van der Waals surface area (Å²) in [5.74, 6) is 0. The minimum Gasteiger partial charge on any atom is -0.315 e. The van der Waals surface area contributed by atoms with Crippen molar-refractivity contribution in [3.05, 3.63) is 29.1 Å². The monoisotopic (exact) mass is 261 g/mol. The van der Waals surface area contributed by atoms with Gasteiger partial charge in [-0.2, -0.15) is 5.10 Å². The van der Waals surface area contributed by atoms with Crippen molar-refractivity contribution < 1.29 is 0 Å². The van der Waals surface area contributed by atoms with Gasteiger partial charge in [-0.25, -0.2) is 0 Å². The maximum atomic E-state index is 4.37. The van der Waals surface area contributed by atoms with E-state index in [0.29, 0.717) is 0 Å². The van der Waals surface area contributed by atoms with Gasteiger partial charge in [-0.15, -0.1) is 5.10 Å². The van der Waals surface area contributed by atoms with E-state index in [1.165, 1.54) is 23.1 Å². The van der Waals surface area contributed by atoms with Crippen LogP contribution in [0.2, 0.25) is 0 Å². The van der Waals surface area contributed by atoms with Gasteiger partial charge in [-0.05, 0) is 32.4 Å². The summed E-state index contributed by atoms with van der Waals surface area (Å²) in [6.07, 6.45) is 2.36. The van der Waals surface area contributed by atoms with Crippen molar-refractivity contribution in [2.45, 2.75) is 40.2 Å². The molecule has 0 saturated carbocycles. The molecule has 1 aromatic carbocycles. The number of thiazole rings is 1. The number of benzene rings is 1. The van der Waals surface area contributed by atoms with Crippen LogP contribution in [0.4, 0.5) is 0 Å². The third kappa shape index (κ3) is 2.88. The van der Waals surface area contributed by atoms with E-state index in [-0.39, 0.29) is 0 Å². The summed E-state index contributed by atoms with van der Waals surface area (Å²) >= 11 is 1.71. The Labute approximate surface area is 111 Å². The summed E-state index contributed by atoms with van der Waals surface area (Å²) in [5.41, 5.74) is 2.24. The van der Waals surface area contributed by atoms with Crippen LogP contribution in [-0.4, -0.2) is 10.3 Å². The van der Waals surface area contributed by atoms with E-state index in [1.54, 1.807) is 11.3 Å². The molecule has 0 unspecified atom stereocenters. The highest BCUT2D eigenvalue weighted by molar-refractivity contribution is 7.16. The summed E-state index contributed by atoms with van der Waals surface area (Å²) < 4.78 is 3.55. The van der Waals surface area contributed by atoms with Gasteiger partial charge >= 0.3 is 0 Å². The standard InChI is InChI=1S/C14H19N3S/c1-4-5-10-17-12-8-6-7-9-13(12)18-14(17)16-15-11(2)3/h6-9H,4-5,10H2,1-3H3. The Morgan fingerprint density at radius 1 is 1.28 bits per heavy atom. The molecule has 0 amide bonds. The van der Waals surface area contributed by atoms with Crippen molar-refractivity contribution >= 4 is 27.3 Å². The van der Waals surface area contributed by atoms with Crippen LogP contribution in [0.25, 0.3) is 10.2 Å². The van der Waals surface area contributed by atoms with Crippen molar-refractivity contribution in [1.29, 1.82) is 0 Å². The molecule has 0 aliphatic heterocycles. The molecule has 0 radical (unpaired) electrons. The topological polar surface area (TPSA) is 29.6 Å². The maximum Gasteiger partial charge on any atom is 0.211 e. The highest BCUT2D eigenvalue weighted by Crippen LogP contribution is 2.17. The van der Waals surface area contributed by atoms with E-state index >= 15 is 0 Å². The molecule has 4 heteroatoms. The molecule has 96 valence electrons. The molecule has 0 bridgehead atoms. The second-order valence-electron chi connectivity index (χ2n) is 4.50. The minimum absolute atomic E-state index is 0.981. The molecule has 1 heterocycles. The smallest absolute Gasteiger partial charge is 0.211 e. The van der Waals surface area contributed by atoms with Crippen molar-refractivity contribution in [2.24, 2.45) is 10.2 Å². The second-order valence-corrected chi connectivity index (χ2v) is 5.51. The van der Waals surface area contributed by atoms with Crippen LogP contribution in [0, 0.1) is 0 Å². The van der Waals surface area contributed by atoms with Crippen LogP contribution in [-0.2, 0) is 6.54 Å². The number of unbranched alkanes of at least 4 members (excludes halogenated alkanes) is 1. The molecule has 0 fully saturated rings. The molecule has 0 aliphatic carbocycles. The van der Waals surface area contributed by atoms with Gasteiger partial charge < -0.3 is 4.57 Å². The largest absolute Gasteiger partial charge is 0.315 e. The number of hydrogen-bond donors (Lipinski definition) is 0. The van der Waals surface area contributed by atoms with E-state index in [0.717, 1.165) is 17.1 Å². The van der Waals surface area contributed by atoms with Gasteiger partial charge in [0, 0.05) is 12.3 Å². The van der Waals surface area contributed by atoms with E-state index in [9.17, 15) is 0 Å². The van der Waals surface area contributed by atoms with Gasteiger partial charge in [0.05, 0.1) is 10.2 Å². The van der Waals surface area contributed by atoms with Crippen molar-refractivity contribution in [1.82, 2.24) is 4.57 Å². The SMILES string of the molecule is CCCCn1c(=NN=C(C)C)sc2ccccc21. The third-order valence-electron chi connectivity index (χ3n) is 2.66. The molecule has 2 aromatic rings. The summed E-state index contributed by atoms with van der Waals surface area (Å²) in [6.45, 7) is 7.15. The first-order chi connectivity index (χ1) is 8.72. The average molecular weight is 261 g/mol. The average Bonchev–Trinajstić information content (AvgIpc) is 2.71. The van der Waals surface area contributed by atoms with Crippen LogP contribution in [0.5, 0.6) is 0 Å². The molecule has 0 aliphatic rings. The Morgan fingerprint density at radius 3 is 2.78 bits per heavy atom. The fourth-order valence-corrected chi connectivity index (χ4v) is 2.78. The lowest BCUT2D eigenvalue weighted by molar-refractivity contribution is 0.632. The summed E-state index contributed by atoms with van der Waals surface area (Å²) in [7, 11) is 0. The Bertz CT molecular complexity index is 615. The molecular formula is C14H19N3S. The minimum atomic E-state index is 0.981. The zero-order chi connectivity index (χ0) is 13.0. The predicted molar refractivity (Wildman–Crippen MR) is 79.1 cm³/mol. The fourth-order valence-electron chi connectivity index (χ4n) is 1.77. The summed E-state index contributed by atoms with van der Waals surface area (Å²) in [5, 5.41) is 8.56. The lowest BCUT2D eigenvalue weighted by Crippen LogP contribution is -2.14. The van der Waals surface area contributed by atoms with Crippen LogP contribution in [0.3, 0.4) is 0 Å². The van der Waals surface area contributed by atoms with Crippen LogP contribution >= 0.6 is 11.3 Å². The Balaban J connectivity index is 2.56. The van der Waals surface area contributed by atoms with Crippen molar-refractivity contribution in [3.8, 4) is 0 Å². The third-order valence-corrected chi connectivity index (χ3v) is 3.71. The molecule has 1 aromatic heterocycles. The normalized spacial score (nSPS) is 12.1. The van der Waals surface area contributed by atoms with Gasteiger partial charge in [-0.3, -0.25) is 0 Å². The molecular weight excluding hydrogens is 242 g/mol. The number of aromatic nitrogens is 1. The Kier molecular flexibility index (Phi) is 4.31. The van der Waals surface area contributed by atoms with E-state index in [2.05, 4.69) is 46.0 Å². The molecule has 0 N–H and O–H groups in total. The van der Waals surface area contributed by atoms with E-state index < -0.39 is 0 Å². The number of para-hydroxylation sites is 1. The molecule has 0 atom stereocenters. The van der Waals surface area contributed by atoms with E-state index in [1.807, 2.05) is 13.8 Å². The van der Waals surface area contributed by atoms with Gasteiger partial charge in [0.1, 0.15) is 0 Å². The Morgan fingerprint density at radius 2 is 2.06 bits per heavy atom. The van der Waals surface area contributed by atoms with Gasteiger partial charge in [0.2, 0.25) is 4.80 Å². The highest BCUT2D eigenvalue weighted by atomic mass is 32.1. The molecule has 18 heavy (non-hydrogen) atoms. The molecule has 2 rings (SSSR count). The van der Waals surface area contributed by atoms with Crippen molar-refractivity contribution in [2.75, 3.05) is 0 Å². The van der Waals surface area contributed by atoms with Gasteiger partial charge in [-0.1, -0.05) is 36.8 Å².